The molecule has 0 aliphatic heterocycles. The van der Waals surface area contributed by atoms with Crippen LogP contribution < -0.4 is 5.73 Å². The van der Waals surface area contributed by atoms with Gasteiger partial charge in [0.2, 0.25) is 0 Å². The molecule has 0 radical (unpaired) electrons. The van der Waals surface area contributed by atoms with E-state index in [1.807, 2.05) is 6.92 Å². The van der Waals surface area contributed by atoms with E-state index in [1.54, 1.807) is 16.8 Å². The van der Waals surface area contributed by atoms with Crippen LogP contribution in [-0.2, 0) is 13.0 Å². The van der Waals surface area contributed by atoms with Gasteiger partial charge in [-0.25, -0.2) is 9.07 Å². The number of nitrogens with zero attached hydrogens (tertiary/aromatic N) is 3. The van der Waals surface area contributed by atoms with Gasteiger partial charge in [-0.15, -0.1) is 5.10 Å². The molecule has 2 aromatic rings. The van der Waals surface area contributed by atoms with Crippen molar-refractivity contribution in [3.63, 3.8) is 0 Å². The van der Waals surface area contributed by atoms with Crippen LogP contribution in [0, 0.1) is 5.82 Å². The zero-order valence-corrected chi connectivity index (χ0v) is 10.8. The maximum absolute atomic E-state index is 13.7. The molecular weight excluding hydrogens is 255 g/mol. The van der Waals surface area contributed by atoms with Gasteiger partial charge >= 0.3 is 0 Å². The van der Waals surface area contributed by atoms with E-state index in [1.165, 1.54) is 6.07 Å². The van der Waals surface area contributed by atoms with Crippen LogP contribution in [0.1, 0.15) is 24.6 Å². The van der Waals surface area contributed by atoms with Crippen molar-refractivity contribution in [2.75, 3.05) is 5.73 Å². The fourth-order valence-electron chi connectivity index (χ4n) is 1.78. The molecule has 18 heavy (non-hydrogen) atoms. The largest absolute Gasteiger partial charge is 0.381 e. The third kappa shape index (κ3) is 2.61. The Kier molecular flexibility index (Phi) is 3.81. The van der Waals surface area contributed by atoms with Crippen molar-refractivity contribution in [1.29, 1.82) is 0 Å². The molecule has 1 heterocycles. The van der Waals surface area contributed by atoms with Crippen molar-refractivity contribution in [2.45, 2.75) is 26.3 Å². The molecule has 96 valence electrons. The number of nitrogens with two attached hydrogens (primary N) is 1. The summed E-state index contributed by atoms with van der Waals surface area (Å²) in [4.78, 5) is 0. The van der Waals surface area contributed by atoms with Gasteiger partial charge in [-0.1, -0.05) is 36.2 Å². The summed E-state index contributed by atoms with van der Waals surface area (Å²) in [5, 5.41) is 8.13. The molecule has 2 N–H and O–H groups in total. The lowest BCUT2D eigenvalue weighted by Crippen LogP contribution is -2.08. The molecule has 0 saturated carbocycles. The number of benzene rings is 1. The van der Waals surface area contributed by atoms with Crippen LogP contribution >= 0.6 is 11.6 Å². The SMILES string of the molecule is CCCc1c(N)nnn1Cc1ccc(Cl)cc1F. The van der Waals surface area contributed by atoms with Gasteiger partial charge in [0, 0.05) is 10.6 Å². The quantitative estimate of drug-likeness (QED) is 0.927. The molecule has 0 bridgehead atoms. The van der Waals surface area contributed by atoms with E-state index in [0.29, 0.717) is 22.9 Å². The van der Waals surface area contributed by atoms with Gasteiger partial charge < -0.3 is 5.73 Å². The monoisotopic (exact) mass is 268 g/mol. The Bertz CT molecular complexity index is 553. The smallest absolute Gasteiger partial charge is 0.169 e. The zero-order chi connectivity index (χ0) is 13.1. The number of nitrogen functional groups attached to an aromatic ring is 1. The van der Waals surface area contributed by atoms with Crippen molar-refractivity contribution in [3.8, 4) is 0 Å². The summed E-state index contributed by atoms with van der Waals surface area (Å²) in [6.45, 7) is 2.35. The molecule has 0 fully saturated rings. The summed E-state index contributed by atoms with van der Waals surface area (Å²) in [6, 6.07) is 4.59. The van der Waals surface area contributed by atoms with Crippen LogP contribution in [0.3, 0.4) is 0 Å². The number of hydrogen-bond acceptors (Lipinski definition) is 3. The van der Waals surface area contributed by atoms with Gasteiger partial charge in [0.1, 0.15) is 5.82 Å². The van der Waals surface area contributed by atoms with Gasteiger partial charge in [0.15, 0.2) is 5.82 Å². The average molecular weight is 269 g/mol. The number of hydrogen-bond donors (Lipinski definition) is 1. The first kappa shape index (κ1) is 12.8. The first-order valence-corrected chi connectivity index (χ1v) is 6.11. The summed E-state index contributed by atoms with van der Waals surface area (Å²) >= 11 is 5.71. The lowest BCUT2D eigenvalue weighted by atomic mass is 10.2. The lowest BCUT2D eigenvalue weighted by molar-refractivity contribution is 0.564. The van der Waals surface area contributed by atoms with Gasteiger partial charge in [-0.2, -0.15) is 0 Å². The highest BCUT2D eigenvalue weighted by Crippen LogP contribution is 2.17. The van der Waals surface area contributed by atoms with Crippen molar-refractivity contribution < 1.29 is 4.39 Å². The first-order valence-electron chi connectivity index (χ1n) is 5.73. The number of rotatable bonds is 4. The molecule has 0 spiro atoms. The summed E-state index contributed by atoms with van der Waals surface area (Å²) in [6.07, 6.45) is 1.70. The van der Waals surface area contributed by atoms with Crippen molar-refractivity contribution in [2.24, 2.45) is 0 Å². The van der Waals surface area contributed by atoms with Crippen LogP contribution in [0.15, 0.2) is 18.2 Å². The minimum Gasteiger partial charge on any atom is -0.381 e. The second-order valence-electron chi connectivity index (χ2n) is 4.06. The minimum atomic E-state index is -0.348. The maximum atomic E-state index is 13.7. The van der Waals surface area contributed by atoms with Crippen molar-refractivity contribution in [3.05, 3.63) is 40.3 Å². The Hall–Kier alpha value is -1.62. The lowest BCUT2D eigenvalue weighted by Gasteiger charge is -2.07. The van der Waals surface area contributed by atoms with E-state index >= 15 is 0 Å². The Balaban J connectivity index is 2.28. The van der Waals surface area contributed by atoms with Gasteiger partial charge in [-0.3, -0.25) is 0 Å². The summed E-state index contributed by atoms with van der Waals surface area (Å²) in [5.41, 5.74) is 7.09. The molecule has 0 aliphatic carbocycles. The summed E-state index contributed by atoms with van der Waals surface area (Å²) in [7, 11) is 0. The summed E-state index contributed by atoms with van der Waals surface area (Å²) < 4.78 is 15.3. The van der Waals surface area contributed by atoms with Crippen molar-refractivity contribution in [1.82, 2.24) is 15.0 Å². The second kappa shape index (κ2) is 5.35. The molecule has 6 heteroatoms. The standard InChI is InChI=1S/C12H14ClFN4/c1-2-3-11-12(15)16-17-18(11)7-8-4-5-9(13)6-10(8)14/h4-6H,2-3,7,15H2,1H3. The highest BCUT2D eigenvalue weighted by atomic mass is 35.5. The highest BCUT2D eigenvalue weighted by molar-refractivity contribution is 6.30. The molecule has 0 atom stereocenters. The van der Waals surface area contributed by atoms with E-state index in [2.05, 4.69) is 10.3 Å². The molecule has 0 aliphatic rings. The number of aromatic nitrogens is 3. The van der Waals surface area contributed by atoms with Crippen molar-refractivity contribution >= 4 is 17.4 Å². The van der Waals surface area contributed by atoms with Gasteiger partial charge in [0.05, 0.1) is 12.2 Å². The van der Waals surface area contributed by atoms with Crippen LogP contribution in [0.25, 0.3) is 0 Å². The van der Waals surface area contributed by atoms with Crippen LogP contribution in [0.4, 0.5) is 10.2 Å². The van der Waals surface area contributed by atoms with Crippen LogP contribution in [0.5, 0.6) is 0 Å². The highest BCUT2D eigenvalue weighted by Gasteiger charge is 2.11. The normalized spacial score (nSPS) is 10.8. The van der Waals surface area contributed by atoms with Crippen LogP contribution in [-0.4, -0.2) is 15.0 Å². The Labute approximate surface area is 110 Å². The molecule has 1 aromatic carbocycles. The van der Waals surface area contributed by atoms with Gasteiger partial charge in [-0.05, 0) is 18.6 Å². The third-order valence-corrected chi connectivity index (χ3v) is 2.92. The fraction of sp³-hybridized carbons (Fsp3) is 0.333. The average Bonchev–Trinajstić information content (AvgIpc) is 2.66. The zero-order valence-electron chi connectivity index (χ0n) is 10.0. The molecule has 4 nitrogen and oxygen atoms in total. The molecule has 1 aromatic heterocycles. The maximum Gasteiger partial charge on any atom is 0.169 e. The van der Waals surface area contributed by atoms with E-state index in [4.69, 9.17) is 17.3 Å². The first-order chi connectivity index (χ1) is 8.61. The number of anilines is 1. The Morgan fingerprint density at radius 3 is 2.89 bits per heavy atom. The van der Waals surface area contributed by atoms with Crippen LogP contribution in [0.2, 0.25) is 5.02 Å². The fourth-order valence-corrected chi connectivity index (χ4v) is 1.94. The molecule has 0 saturated heterocycles. The third-order valence-electron chi connectivity index (χ3n) is 2.69. The molecule has 2 rings (SSSR count). The van der Waals surface area contributed by atoms with E-state index in [9.17, 15) is 4.39 Å². The van der Waals surface area contributed by atoms with E-state index < -0.39 is 0 Å². The second-order valence-corrected chi connectivity index (χ2v) is 4.50. The number of halogens is 2. The predicted octanol–water partition coefficient (Wildman–Crippen LogP) is 2.65. The van der Waals surface area contributed by atoms with E-state index in [0.717, 1.165) is 18.5 Å². The Morgan fingerprint density at radius 2 is 2.22 bits per heavy atom. The molecular formula is C12H14ClFN4. The minimum absolute atomic E-state index is 0.308. The van der Waals surface area contributed by atoms with Gasteiger partial charge in [0.25, 0.3) is 0 Å². The molecule has 0 unspecified atom stereocenters. The predicted molar refractivity (Wildman–Crippen MR) is 68.9 cm³/mol. The topological polar surface area (TPSA) is 56.7 Å². The summed E-state index contributed by atoms with van der Waals surface area (Å²) in [5.74, 6) is 0.0604. The molecule has 0 amide bonds. The van der Waals surface area contributed by atoms with E-state index in [-0.39, 0.29) is 5.82 Å². The Morgan fingerprint density at radius 1 is 1.44 bits per heavy atom.